The van der Waals surface area contributed by atoms with Crippen molar-refractivity contribution in [3.05, 3.63) is 35.9 Å². The molecule has 0 atom stereocenters. The monoisotopic (exact) mass is 259 g/mol. The molecule has 0 radical (unpaired) electrons. The highest BCUT2D eigenvalue weighted by molar-refractivity contribution is 6.76. The van der Waals surface area contributed by atoms with Crippen molar-refractivity contribution in [2.24, 2.45) is 0 Å². The van der Waals surface area contributed by atoms with E-state index in [0.29, 0.717) is 0 Å². The minimum absolute atomic E-state index is 0.961. The second kappa shape index (κ2) is 8.13. The van der Waals surface area contributed by atoms with Gasteiger partial charge in [-0.1, -0.05) is 50.0 Å². The molecule has 0 heterocycles. The van der Waals surface area contributed by atoms with E-state index in [2.05, 4.69) is 67.1 Å². The summed E-state index contributed by atoms with van der Waals surface area (Å²) >= 11 is 0. The topological polar surface area (TPSA) is 12.0 Å². The Kier molecular flexibility index (Phi) is 6.78. The lowest BCUT2D eigenvalue weighted by Crippen LogP contribution is -2.17. The van der Waals surface area contributed by atoms with E-state index in [-0.39, 0.29) is 0 Å². The van der Waals surface area contributed by atoms with Crippen LogP contribution in [-0.4, -0.2) is 14.6 Å². The molecule has 1 aromatic rings. The van der Waals surface area contributed by atoms with Crippen LogP contribution in [0.5, 0.6) is 0 Å². The molecule has 0 fully saturated rings. The molecule has 0 aromatic heterocycles. The largest absolute Gasteiger partial charge is 0.313 e. The fourth-order valence-electron chi connectivity index (χ4n) is 1.55. The van der Waals surface area contributed by atoms with E-state index >= 15 is 0 Å². The molecular formula is C16H25NSi. The van der Waals surface area contributed by atoms with Gasteiger partial charge in [0.05, 0.1) is 8.07 Å². The molecule has 1 nitrogen and oxygen atoms in total. The molecule has 0 unspecified atom stereocenters. The number of benzene rings is 1. The van der Waals surface area contributed by atoms with Crippen LogP contribution in [0.15, 0.2) is 30.3 Å². The van der Waals surface area contributed by atoms with E-state index in [1.165, 1.54) is 5.56 Å². The highest BCUT2D eigenvalue weighted by Gasteiger charge is 2.09. The quantitative estimate of drug-likeness (QED) is 0.464. The highest BCUT2D eigenvalue weighted by atomic mass is 28.3. The number of unbranched alkanes of at least 4 members (excludes halogenated alkanes) is 1. The zero-order valence-electron chi connectivity index (χ0n) is 11.9. The van der Waals surface area contributed by atoms with Crippen molar-refractivity contribution in [2.45, 2.75) is 45.1 Å². The second-order valence-corrected chi connectivity index (χ2v) is 11.3. The van der Waals surface area contributed by atoms with E-state index in [1.807, 2.05) is 0 Å². The van der Waals surface area contributed by atoms with Crippen LogP contribution in [-0.2, 0) is 6.54 Å². The van der Waals surface area contributed by atoms with E-state index < -0.39 is 8.07 Å². The molecular weight excluding hydrogens is 234 g/mol. The van der Waals surface area contributed by atoms with Crippen molar-refractivity contribution in [1.29, 1.82) is 0 Å². The lowest BCUT2D eigenvalue weighted by atomic mass is 10.2. The second-order valence-electron chi connectivity index (χ2n) is 5.86. The Bertz CT molecular complexity index is 381. The predicted octanol–water partition coefficient (Wildman–Crippen LogP) is 3.90. The first-order valence-corrected chi connectivity index (χ1v) is 10.5. The van der Waals surface area contributed by atoms with Crippen LogP contribution in [0.1, 0.15) is 18.4 Å². The zero-order chi connectivity index (χ0) is 13.3. The normalized spacial score (nSPS) is 10.8. The van der Waals surface area contributed by atoms with Crippen LogP contribution < -0.4 is 5.32 Å². The smallest absolute Gasteiger partial charge is 0.0573 e. The molecule has 0 amide bonds. The van der Waals surface area contributed by atoms with Crippen LogP contribution in [0.4, 0.5) is 0 Å². The van der Waals surface area contributed by atoms with Crippen LogP contribution >= 0.6 is 0 Å². The number of nitrogens with one attached hydrogen (secondary N) is 1. The summed E-state index contributed by atoms with van der Waals surface area (Å²) in [7, 11) is -0.966. The third-order valence-corrected chi connectivity index (χ3v) is 3.81. The summed E-state index contributed by atoms with van der Waals surface area (Å²) in [6.45, 7) is 9.11. The summed E-state index contributed by atoms with van der Waals surface area (Å²) in [5.41, 5.74) is 1.35. The van der Waals surface area contributed by atoms with Gasteiger partial charge >= 0.3 is 0 Å². The van der Waals surface area contributed by atoms with Gasteiger partial charge in [0.25, 0.3) is 0 Å². The SMILES string of the molecule is C[Si](C)(C)CC#CCCCNCc1ccccc1. The highest BCUT2D eigenvalue weighted by Crippen LogP contribution is 2.05. The Balaban J connectivity index is 2.03. The maximum absolute atomic E-state index is 3.45. The summed E-state index contributed by atoms with van der Waals surface area (Å²) in [5, 5.41) is 3.45. The van der Waals surface area contributed by atoms with Crippen LogP contribution in [0.2, 0.25) is 25.7 Å². The van der Waals surface area contributed by atoms with Gasteiger partial charge in [-0.2, -0.15) is 0 Å². The molecule has 0 aliphatic rings. The molecule has 1 rings (SSSR count). The van der Waals surface area contributed by atoms with Gasteiger partial charge in [-0.15, -0.1) is 11.8 Å². The molecule has 2 heteroatoms. The lowest BCUT2D eigenvalue weighted by Gasteiger charge is -2.09. The van der Waals surface area contributed by atoms with Crippen molar-refractivity contribution >= 4 is 8.07 Å². The Morgan fingerprint density at radius 1 is 1.06 bits per heavy atom. The molecule has 0 saturated carbocycles. The van der Waals surface area contributed by atoms with E-state index in [4.69, 9.17) is 0 Å². The summed E-state index contributed by atoms with van der Waals surface area (Å²) in [6, 6.07) is 11.7. The van der Waals surface area contributed by atoms with E-state index in [9.17, 15) is 0 Å². The standard InChI is InChI=1S/C16H25NSi/c1-18(2,3)14-10-5-4-9-13-17-15-16-11-7-6-8-12-16/h6-8,11-12,17H,4,9,13-15H2,1-3H3. The van der Waals surface area contributed by atoms with Crippen LogP contribution in [0.25, 0.3) is 0 Å². The first kappa shape index (κ1) is 15.0. The van der Waals surface area contributed by atoms with Crippen molar-refractivity contribution in [1.82, 2.24) is 5.32 Å². The molecule has 0 aliphatic heterocycles. The van der Waals surface area contributed by atoms with Gasteiger partial charge in [0, 0.05) is 19.0 Å². The van der Waals surface area contributed by atoms with Crippen LogP contribution in [0.3, 0.4) is 0 Å². The molecule has 98 valence electrons. The van der Waals surface area contributed by atoms with Crippen LogP contribution in [0, 0.1) is 11.8 Å². The third kappa shape index (κ3) is 8.11. The van der Waals surface area contributed by atoms with Crippen molar-refractivity contribution in [2.75, 3.05) is 6.54 Å². The lowest BCUT2D eigenvalue weighted by molar-refractivity contribution is 0.659. The van der Waals surface area contributed by atoms with Gasteiger partial charge in [-0.3, -0.25) is 0 Å². The number of hydrogen-bond donors (Lipinski definition) is 1. The molecule has 1 aromatic carbocycles. The van der Waals surface area contributed by atoms with Crippen molar-refractivity contribution < 1.29 is 0 Å². The molecule has 1 N–H and O–H groups in total. The minimum Gasteiger partial charge on any atom is -0.313 e. The van der Waals surface area contributed by atoms with Crippen molar-refractivity contribution in [3.63, 3.8) is 0 Å². The maximum Gasteiger partial charge on any atom is 0.0573 e. The average Bonchev–Trinajstić information content (AvgIpc) is 2.32. The predicted molar refractivity (Wildman–Crippen MR) is 83.3 cm³/mol. The first-order chi connectivity index (χ1) is 8.58. The van der Waals surface area contributed by atoms with Gasteiger partial charge in [0.15, 0.2) is 0 Å². The van der Waals surface area contributed by atoms with Gasteiger partial charge in [-0.05, 0) is 18.5 Å². The Labute approximate surface area is 113 Å². The molecule has 0 aliphatic carbocycles. The summed E-state index contributed by atoms with van der Waals surface area (Å²) in [4.78, 5) is 0. The summed E-state index contributed by atoms with van der Waals surface area (Å²) < 4.78 is 0. The summed E-state index contributed by atoms with van der Waals surface area (Å²) in [5.74, 6) is 6.60. The Morgan fingerprint density at radius 2 is 1.78 bits per heavy atom. The molecule has 0 bridgehead atoms. The minimum atomic E-state index is -0.966. The third-order valence-electron chi connectivity index (χ3n) is 2.57. The summed E-state index contributed by atoms with van der Waals surface area (Å²) in [6.07, 6.45) is 2.16. The first-order valence-electron chi connectivity index (χ1n) is 6.78. The number of rotatable bonds is 6. The fourth-order valence-corrected chi connectivity index (χ4v) is 2.20. The fraction of sp³-hybridized carbons (Fsp3) is 0.500. The molecule has 0 saturated heterocycles. The van der Waals surface area contributed by atoms with Gasteiger partial charge in [-0.25, -0.2) is 0 Å². The Hall–Kier alpha value is -1.04. The van der Waals surface area contributed by atoms with Gasteiger partial charge in [0.2, 0.25) is 0 Å². The van der Waals surface area contributed by atoms with Crippen molar-refractivity contribution in [3.8, 4) is 11.8 Å². The Morgan fingerprint density at radius 3 is 2.44 bits per heavy atom. The maximum atomic E-state index is 3.45. The average molecular weight is 259 g/mol. The van der Waals surface area contributed by atoms with E-state index in [1.54, 1.807) is 0 Å². The zero-order valence-corrected chi connectivity index (χ0v) is 12.9. The van der Waals surface area contributed by atoms with Gasteiger partial charge < -0.3 is 5.32 Å². The van der Waals surface area contributed by atoms with E-state index in [0.717, 1.165) is 32.0 Å². The van der Waals surface area contributed by atoms with Gasteiger partial charge in [0.1, 0.15) is 0 Å². The molecule has 0 spiro atoms. The number of hydrogen-bond acceptors (Lipinski definition) is 1. The molecule has 18 heavy (non-hydrogen) atoms.